The van der Waals surface area contributed by atoms with Gasteiger partial charge in [-0.05, 0) is 26.1 Å². The molecule has 5 nitrogen and oxygen atoms in total. The van der Waals surface area contributed by atoms with Crippen LogP contribution in [-0.4, -0.2) is 28.8 Å². The van der Waals surface area contributed by atoms with Gasteiger partial charge in [0.1, 0.15) is 6.04 Å². The molecule has 1 aromatic heterocycles. The zero-order valence-corrected chi connectivity index (χ0v) is 9.50. The van der Waals surface area contributed by atoms with Crippen LogP contribution in [0, 0.1) is 3.95 Å². The zero-order chi connectivity index (χ0) is 10.6. The van der Waals surface area contributed by atoms with E-state index < -0.39 is 6.04 Å². The number of nitrogens with zero attached hydrogens (tertiary/aromatic N) is 1. The van der Waals surface area contributed by atoms with Crippen LogP contribution in [0.15, 0.2) is 0 Å². The number of esters is 1. The van der Waals surface area contributed by atoms with Crippen molar-refractivity contribution in [2.24, 2.45) is 0 Å². The van der Waals surface area contributed by atoms with E-state index in [1.165, 1.54) is 11.3 Å². The fourth-order valence-corrected chi connectivity index (χ4v) is 1.68. The summed E-state index contributed by atoms with van der Waals surface area (Å²) in [5.74, 6) is -0.298. The average molecular weight is 233 g/mol. The summed E-state index contributed by atoms with van der Waals surface area (Å²) in [4.78, 5) is 11.2. The number of H-pyrrole nitrogens is 1. The molecule has 14 heavy (non-hydrogen) atoms. The Morgan fingerprint density at radius 1 is 1.86 bits per heavy atom. The number of hydrogen-bond donors (Lipinski definition) is 2. The molecule has 1 rings (SSSR count). The summed E-state index contributed by atoms with van der Waals surface area (Å²) in [6.45, 7) is 3.85. The van der Waals surface area contributed by atoms with Gasteiger partial charge < -0.3 is 10.1 Å². The molecule has 0 saturated heterocycles. The molecule has 0 radical (unpaired) electrons. The Labute approximate surface area is 90.5 Å². The quantitative estimate of drug-likeness (QED) is 0.610. The van der Waals surface area contributed by atoms with Gasteiger partial charge in [-0.1, -0.05) is 11.3 Å². The van der Waals surface area contributed by atoms with Crippen LogP contribution in [0.25, 0.3) is 0 Å². The van der Waals surface area contributed by atoms with E-state index in [9.17, 15) is 4.79 Å². The SMILES string of the molecule is CCOC(=O)C(C)Nc1n[nH]c(=S)s1. The van der Waals surface area contributed by atoms with Gasteiger partial charge in [-0.3, -0.25) is 5.10 Å². The van der Waals surface area contributed by atoms with Gasteiger partial charge >= 0.3 is 5.97 Å². The lowest BCUT2D eigenvalue weighted by Gasteiger charge is -2.10. The highest BCUT2D eigenvalue weighted by molar-refractivity contribution is 7.73. The van der Waals surface area contributed by atoms with Crippen LogP contribution in [0.5, 0.6) is 0 Å². The summed E-state index contributed by atoms with van der Waals surface area (Å²) in [7, 11) is 0. The molecular formula is C7H11N3O2S2. The third-order valence-corrected chi connectivity index (χ3v) is 2.44. The van der Waals surface area contributed by atoms with Crippen molar-refractivity contribution in [2.75, 3.05) is 11.9 Å². The number of anilines is 1. The lowest BCUT2D eigenvalue weighted by atomic mass is 10.3. The molecule has 1 unspecified atom stereocenters. The van der Waals surface area contributed by atoms with E-state index in [1.807, 2.05) is 0 Å². The first-order valence-electron chi connectivity index (χ1n) is 4.12. The highest BCUT2D eigenvalue weighted by Gasteiger charge is 2.14. The highest BCUT2D eigenvalue weighted by Crippen LogP contribution is 2.12. The van der Waals surface area contributed by atoms with Gasteiger partial charge in [0.25, 0.3) is 0 Å². The molecule has 0 aliphatic heterocycles. The van der Waals surface area contributed by atoms with Gasteiger partial charge in [0.05, 0.1) is 6.61 Å². The predicted molar refractivity (Wildman–Crippen MR) is 57.0 cm³/mol. The van der Waals surface area contributed by atoms with Gasteiger partial charge in [0.2, 0.25) is 5.13 Å². The summed E-state index contributed by atoms with van der Waals surface area (Å²) in [5, 5.41) is 9.96. The van der Waals surface area contributed by atoms with E-state index >= 15 is 0 Å². The van der Waals surface area contributed by atoms with Crippen molar-refractivity contribution in [3.05, 3.63) is 3.95 Å². The first-order chi connectivity index (χ1) is 6.63. The molecule has 0 saturated carbocycles. The van der Waals surface area contributed by atoms with Crippen LogP contribution in [0.3, 0.4) is 0 Å². The Balaban J connectivity index is 2.52. The summed E-state index contributed by atoms with van der Waals surface area (Å²) < 4.78 is 5.39. The molecule has 0 fully saturated rings. The number of aromatic amines is 1. The van der Waals surface area contributed by atoms with Crippen LogP contribution in [-0.2, 0) is 9.53 Å². The van der Waals surface area contributed by atoms with Crippen molar-refractivity contribution < 1.29 is 9.53 Å². The van der Waals surface area contributed by atoms with Crippen molar-refractivity contribution in [1.82, 2.24) is 10.2 Å². The normalized spacial score (nSPS) is 12.1. The van der Waals surface area contributed by atoms with E-state index in [2.05, 4.69) is 15.5 Å². The Morgan fingerprint density at radius 2 is 2.57 bits per heavy atom. The maximum atomic E-state index is 11.2. The number of nitrogens with one attached hydrogen (secondary N) is 2. The smallest absolute Gasteiger partial charge is 0.328 e. The summed E-state index contributed by atoms with van der Waals surface area (Å²) >= 11 is 6.13. The number of hydrogen-bond acceptors (Lipinski definition) is 6. The van der Waals surface area contributed by atoms with Gasteiger partial charge in [-0.2, -0.15) is 0 Å². The minimum absolute atomic E-state index is 0.298. The van der Waals surface area contributed by atoms with Crippen LogP contribution < -0.4 is 5.32 Å². The topological polar surface area (TPSA) is 67.0 Å². The molecule has 0 spiro atoms. The number of aromatic nitrogens is 2. The van der Waals surface area contributed by atoms with Crippen molar-refractivity contribution in [1.29, 1.82) is 0 Å². The van der Waals surface area contributed by atoms with Gasteiger partial charge in [-0.25, -0.2) is 4.79 Å². The van der Waals surface area contributed by atoms with E-state index in [-0.39, 0.29) is 5.97 Å². The molecule has 7 heteroatoms. The lowest BCUT2D eigenvalue weighted by Crippen LogP contribution is -2.28. The molecule has 0 bridgehead atoms. The molecule has 78 valence electrons. The second-order valence-electron chi connectivity index (χ2n) is 2.54. The van der Waals surface area contributed by atoms with E-state index in [4.69, 9.17) is 17.0 Å². The minimum atomic E-state index is -0.413. The molecule has 1 aromatic rings. The van der Waals surface area contributed by atoms with E-state index in [0.717, 1.165) is 0 Å². The fourth-order valence-electron chi connectivity index (χ4n) is 0.803. The molecule has 2 N–H and O–H groups in total. The van der Waals surface area contributed by atoms with Crippen LogP contribution in [0.1, 0.15) is 13.8 Å². The second-order valence-corrected chi connectivity index (χ2v) is 4.20. The number of carbonyl (C=O) groups is 1. The molecule has 0 aromatic carbocycles. The molecule has 0 aliphatic rings. The number of ether oxygens (including phenoxy) is 1. The summed E-state index contributed by atoms with van der Waals surface area (Å²) in [6, 6.07) is -0.413. The Kier molecular flexibility index (Phi) is 4.02. The summed E-state index contributed by atoms with van der Waals surface area (Å²) in [5.41, 5.74) is 0. The monoisotopic (exact) mass is 233 g/mol. The van der Waals surface area contributed by atoms with Crippen molar-refractivity contribution in [3.63, 3.8) is 0 Å². The van der Waals surface area contributed by atoms with Gasteiger partial charge in [0, 0.05) is 0 Å². The Hall–Kier alpha value is -0.950. The maximum Gasteiger partial charge on any atom is 0.328 e. The van der Waals surface area contributed by atoms with Crippen LogP contribution in [0.4, 0.5) is 5.13 Å². The van der Waals surface area contributed by atoms with Crippen LogP contribution >= 0.6 is 23.6 Å². The van der Waals surface area contributed by atoms with E-state index in [0.29, 0.717) is 15.7 Å². The molecule has 1 heterocycles. The van der Waals surface area contributed by atoms with Crippen molar-refractivity contribution >= 4 is 34.7 Å². The highest BCUT2D eigenvalue weighted by atomic mass is 32.1. The third kappa shape index (κ3) is 3.08. The van der Waals surface area contributed by atoms with E-state index in [1.54, 1.807) is 13.8 Å². The molecular weight excluding hydrogens is 222 g/mol. The minimum Gasteiger partial charge on any atom is -0.464 e. The third-order valence-electron chi connectivity index (χ3n) is 1.42. The standard InChI is InChI=1S/C7H11N3O2S2/c1-3-12-5(11)4(2)8-6-9-10-7(13)14-6/h4H,3H2,1-2H3,(H,8,9)(H,10,13). The van der Waals surface area contributed by atoms with Crippen molar-refractivity contribution in [2.45, 2.75) is 19.9 Å². The first kappa shape index (κ1) is 11.1. The second kappa shape index (κ2) is 5.06. The molecule has 1 atom stereocenters. The van der Waals surface area contributed by atoms with Crippen LogP contribution in [0.2, 0.25) is 0 Å². The Morgan fingerprint density at radius 3 is 3.07 bits per heavy atom. The fraction of sp³-hybridized carbons (Fsp3) is 0.571. The molecule has 0 aliphatic carbocycles. The Bertz CT molecular complexity index is 360. The first-order valence-corrected chi connectivity index (χ1v) is 5.34. The number of rotatable bonds is 4. The van der Waals surface area contributed by atoms with Crippen molar-refractivity contribution in [3.8, 4) is 0 Å². The maximum absolute atomic E-state index is 11.2. The predicted octanol–water partition coefficient (Wildman–Crippen LogP) is 1.56. The lowest BCUT2D eigenvalue weighted by molar-refractivity contribution is -0.143. The van der Waals surface area contributed by atoms with Gasteiger partial charge in [-0.15, -0.1) is 5.10 Å². The number of carbonyl (C=O) groups excluding carboxylic acids is 1. The average Bonchev–Trinajstić information content (AvgIpc) is 2.51. The zero-order valence-electron chi connectivity index (χ0n) is 7.86. The largest absolute Gasteiger partial charge is 0.464 e. The summed E-state index contributed by atoms with van der Waals surface area (Å²) in [6.07, 6.45) is 0. The van der Waals surface area contributed by atoms with Gasteiger partial charge in [0.15, 0.2) is 3.95 Å². The molecule has 0 amide bonds.